The lowest BCUT2D eigenvalue weighted by atomic mass is 9.83. The van der Waals surface area contributed by atoms with Crippen LogP contribution in [-0.4, -0.2) is 163 Å². The lowest BCUT2D eigenvalue weighted by Gasteiger charge is -2.43. The van der Waals surface area contributed by atoms with Gasteiger partial charge >= 0.3 is 29.4 Å². The fourth-order valence-corrected chi connectivity index (χ4v) is 10.8. The molecule has 8 atom stereocenters. The number of aromatic nitrogens is 4. The van der Waals surface area contributed by atoms with E-state index in [0.29, 0.717) is 11.5 Å². The number of amides is 2. The molecule has 3 aromatic rings. The number of phosphoric ester groups is 3. The van der Waals surface area contributed by atoms with Crippen LogP contribution >= 0.6 is 35.2 Å². The number of carboxylic acids is 1. The number of rotatable bonds is 22. The van der Waals surface area contributed by atoms with Gasteiger partial charge < -0.3 is 61.1 Å². The summed E-state index contributed by atoms with van der Waals surface area (Å²) in [7, 11) is -16.4. The number of hydrogen-bond donors (Lipinski definition) is 11. The van der Waals surface area contributed by atoms with E-state index in [0.717, 1.165) is 48.5 Å². The Morgan fingerprint density at radius 3 is 2.27 bits per heavy atom. The summed E-state index contributed by atoms with van der Waals surface area (Å²) in [4.78, 5) is 101. The molecule has 2 aromatic heterocycles. The Balaban J connectivity index is 0.000000720. The predicted molar refractivity (Wildman–Crippen MR) is 244 cm³/mol. The van der Waals surface area contributed by atoms with Crippen LogP contribution in [0.1, 0.15) is 51.3 Å². The number of carboxylic acid groups (broad SMARTS) is 1. The molecule has 12 N–H and O–H groups in total. The van der Waals surface area contributed by atoms with Gasteiger partial charge in [-0.05, 0) is 49.9 Å². The minimum absolute atomic E-state index is 0.0226. The van der Waals surface area contributed by atoms with Crippen LogP contribution in [0.25, 0.3) is 17.2 Å². The van der Waals surface area contributed by atoms with E-state index >= 15 is 0 Å². The Kier molecular flexibility index (Phi) is 19.8. The standard InChI is InChI=1S/C30H42N7O18P3S.C8H13NO2/c1-30(2,24(41)27(42)33-9-8-20(39)32-10-11-59-29(43)18(38)12-17-6-4-3-5-7-17)14-52-58(49,50)55-57(47,48)51-13-19-23(54-56(44,45)46)22(40)28(53-19)37-16-36-21-25(31)34-15-35-26(21)37;10-8(11)7-5-6-1-3-9(7)4-2-6/h3-7,12,15-16,19,22-24,28,38,40-41H,8-11,13-14H2,1-2H3,(H,32,39)(H,33,42)(H,47,48)(H,49,50)(H2,31,34,35)(H2,44,45,46);6-7H,1-5H2,(H,10,11)/t19-,22-,23-,24+,28-;/m1./s1. The second-order valence-electron chi connectivity index (χ2n) is 16.7. The van der Waals surface area contributed by atoms with E-state index < -0.39 is 101 Å². The zero-order valence-corrected chi connectivity index (χ0v) is 41.0. The number of aliphatic hydroxyl groups excluding tert-OH is 3. The number of aliphatic carboxylic acids is 1. The van der Waals surface area contributed by atoms with Crippen molar-refractivity contribution in [2.75, 3.05) is 50.9 Å². The second kappa shape index (κ2) is 24.4. The number of ether oxygens (including phenoxy) is 1. The number of anilines is 1. The highest BCUT2D eigenvalue weighted by Crippen LogP contribution is 2.61. The Bertz CT molecular complexity index is 2490. The Labute approximate surface area is 403 Å². The summed E-state index contributed by atoms with van der Waals surface area (Å²) in [5, 5.41) is 44.5. The van der Waals surface area contributed by atoms with Gasteiger partial charge in [-0.1, -0.05) is 55.9 Å². The molecule has 4 fully saturated rings. The summed E-state index contributed by atoms with van der Waals surface area (Å²) >= 11 is 0.779. The van der Waals surface area contributed by atoms with E-state index in [1.165, 1.54) is 32.8 Å². The Morgan fingerprint density at radius 2 is 1.66 bits per heavy atom. The van der Waals surface area contributed by atoms with E-state index in [1.54, 1.807) is 30.3 Å². The van der Waals surface area contributed by atoms with Gasteiger partial charge in [-0.25, -0.2) is 28.6 Å². The summed E-state index contributed by atoms with van der Waals surface area (Å²) in [5.41, 5.74) is 4.84. The number of hydrogen-bond acceptors (Lipinski definition) is 21. The molecular formula is C38H55N8O20P3S. The zero-order chi connectivity index (χ0) is 51.6. The number of aliphatic hydroxyl groups is 3. The number of benzene rings is 1. The van der Waals surface area contributed by atoms with Crippen molar-refractivity contribution in [3.8, 4) is 0 Å². The molecule has 0 spiro atoms. The van der Waals surface area contributed by atoms with Gasteiger partial charge in [-0.15, -0.1) is 0 Å². The van der Waals surface area contributed by atoms with Crippen molar-refractivity contribution in [3.63, 3.8) is 0 Å². The molecule has 28 nitrogen and oxygen atoms in total. The number of nitrogens with one attached hydrogen (secondary N) is 2. The molecule has 388 valence electrons. The van der Waals surface area contributed by atoms with Crippen LogP contribution in [0.5, 0.6) is 0 Å². The minimum Gasteiger partial charge on any atom is -0.504 e. The third kappa shape index (κ3) is 16.4. The van der Waals surface area contributed by atoms with Crippen molar-refractivity contribution in [1.29, 1.82) is 0 Å². The Morgan fingerprint density at radius 1 is 0.986 bits per heavy atom. The van der Waals surface area contributed by atoms with E-state index in [9.17, 15) is 67.8 Å². The van der Waals surface area contributed by atoms with Gasteiger partial charge in [-0.2, -0.15) is 4.31 Å². The average molecular weight is 1070 g/mol. The maximum atomic E-state index is 12.7. The lowest BCUT2D eigenvalue weighted by Crippen LogP contribution is -2.52. The van der Waals surface area contributed by atoms with Gasteiger partial charge in [0, 0.05) is 30.7 Å². The molecule has 2 bridgehead atoms. The SMILES string of the molecule is CC(C)(COP(=O)(O)OP(=O)(O)OC[C@H]1O[C@@H](n2cnc3c(N)ncnc32)[C@H](O)[C@@H]1OP(=O)(O)O)[C@@H](O)C(=O)NCCC(=O)NCCSC(=O)C(O)=Cc1ccccc1.O=C(O)C1CC2CCN1CC2. The molecule has 4 aliphatic heterocycles. The first-order valence-corrected chi connectivity index (χ1v) is 26.7. The molecule has 4 aliphatic rings. The molecule has 4 saturated heterocycles. The first-order valence-electron chi connectivity index (χ1n) is 21.2. The van der Waals surface area contributed by atoms with Gasteiger partial charge in [0.15, 0.2) is 23.5 Å². The minimum atomic E-state index is -5.59. The van der Waals surface area contributed by atoms with Crippen molar-refractivity contribution >= 4 is 81.2 Å². The molecule has 1 aromatic carbocycles. The monoisotopic (exact) mass is 1070 g/mol. The molecule has 0 saturated carbocycles. The number of carbonyl (C=O) groups is 4. The van der Waals surface area contributed by atoms with Crippen LogP contribution in [0, 0.1) is 11.3 Å². The summed E-state index contributed by atoms with van der Waals surface area (Å²) in [5.74, 6) is -1.83. The highest BCUT2D eigenvalue weighted by molar-refractivity contribution is 8.14. The lowest BCUT2D eigenvalue weighted by molar-refractivity contribution is -0.147. The second-order valence-corrected chi connectivity index (χ2v) is 22.0. The van der Waals surface area contributed by atoms with Crippen molar-refractivity contribution in [2.24, 2.45) is 11.3 Å². The van der Waals surface area contributed by atoms with Crippen molar-refractivity contribution in [2.45, 2.75) is 76.2 Å². The third-order valence-electron chi connectivity index (χ3n) is 11.0. The maximum Gasteiger partial charge on any atom is 0.481 e. The largest absolute Gasteiger partial charge is 0.504 e. The fourth-order valence-electron chi connectivity index (χ4n) is 7.34. The molecule has 6 heterocycles. The van der Waals surface area contributed by atoms with E-state index in [4.69, 9.17) is 24.6 Å². The van der Waals surface area contributed by atoms with Gasteiger partial charge in [0.25, 0.3) is 5.12 Å². The van der Waals surface area contributed by atoms with E-state index in [-0.39, 0.29) is 48.3 Å². The quantitative estimate of drug-likeness (QED) is 0.0287. The molecule has 70 heavy (non-hydrogen) atoms. The summed E-state index contributed by atoms with van der Waals surface area (Å²) in [6.45, 7) is 2.22. The maximum absolute atomic E-state index is 12.7. The first-order chi connectivity index (χ1) is 32.8. The van der Waals surface area contributed by atoms with Crippen LogP contribution in [0.15, 0.2) is 48.7 Å². The summed E-state index contributed by atoms with van der Waals surface area (Å²) in [6.07, 6.45) is -2.45. The summed E-state index contributed by atoms with van der Waals surface area (Å²) < 4.78 is 62.1. The fraction of sp³-hybridized carbons (Fsp3) is 0.553. The van der Waals surface area contributed by atoms with Crippen LogP contribution in [0.3, 0.4) is 0 Å². The molecular weight excluding hydrogens is 1010 g/mol. The number of nitrogen functional groups attached to an aromatic ring is 1. The molecule has 2 amide bonds. The van der Waals surface area contributed by atoms with Crippen LogP contribution in [0.4, 0.5) is 5.82 Å². The van der Waals surface area contributed by atoms with Crippen molar-refractivity contribution in [1.82, 2.24) is 35.1 Å². The number of carbonyl (C=O) groups excluding carboxylic acids is 3. The number of phosphoric acid groups is 3. The highest BCUT2D eigenvalue weighted by Gasteiger charge is 2.50. The normalized spacial score (nSPS) is 24.7. The van der Waals surface area contributed by atoms with Gasteiger partial charge in [0.1, 0.15) is 42.3 Å². The number of nitrogens with zero attached hydrogens (tertiary/aromatic N) is 5. The molecule has 32 heteroatoms. The predicted octanol–water partition coefficient (Wildman–Crippen LogP) is 0.819. The number of nitrogens with two attached hydrogens (primary N) is 1. The molecule has 0 aliphatic carbocycles. The smallest absolute Gasteiger partial charge is 0.481 e. The molecule has 7 rings (SSSR count). The number of fused-ring (bicyclic) bond motifs is 4. The zero-order valence-electron chi connectivity index (χ0n) is 37.5. The van der Waals surface area contributed by atoms with Crippen LogP contribution in [0.2, 0.25) is 0 Å². The van der Waals surface area contributed by atoms with Crippen LogP contribution < -0.4 is 16.4 Å². The summed E-state index contributed by atoms with van der Waals surface area (Å²) in [6, 6.07) is 8.50. The van der Waals surface area contributed by atoms with Gasteiger partial charge in [0.2, 0.25) is 11.8 Å². The molecule has 0 radical (unpaired) electrons. The topological polar surface area (TPSA) is 424 Å². The third-order valence-corrected chi connectivity index (χ3v) is 15.0. The van der Waals surface area contributed by atoms with Crippen molar-refractivity contribution < 1.29 is 95.5 Å². The highest BCUT2D eigenvalue weighted by atomic mass is 32.2. The Hall–Kier alpha value is -4.25. The van der Waals surface area contributed by atoms with Crippen LogP contribution in [-0.2, 0) is 55.5 Å². The first kappa shape index (κ1) is 56.7. The number of thioether (sulfide) groups is 1. The van der Waals surface area contributed by atoms with Gasteiger partial charge in [0.05, 0.1) is 19.5 Å². The van der Waals surface area contributed by atoms with Crippen molar-refractivity contribution in [3.05, 3.63) is 54.3 Å². The average Bonchev–Trinajstić information content (AvgIpc) is 3.86. The van der Waals surface area contributed by atoms with Gasteiger partial charge in [-0.3, -0.25) is 42.2 Å². The number of piperidine rings is 3. The molecule has 3 unspecified atom stereocenters. The van der Waals surface area contributed by atoms with E-state index in [2.05, 4.69) is 39.3 Å². The number of imidazole rings is 1. The van der Waals surface area contributed by atoms with E-state index in [1.807, 2.05) is 0 Å².